The van der Waals surface area contributed by atoms with Crippen molar-refractivity contribution in [3.05, 3.63) is 52.6 Å². The molecule has 0 spiro atoms. The van der Waals surface area contributed by atoms with E-state index in [1.807, 2.05) is 0 Å². The van der Waals surface area contributed by atoms with E-state index in [-0.39, 0.29) is 12.6 Å². The van der Waals surface area contributed by atoms with E-state index in [9.17, 15) is 4.39 Å². The van der Waals surface area contributed by atoms with E-state index in [1.165, 1.54) is 6.07 Å². The van der Waals surface area contributed by atoms with Gasteiger partial charge in [-0.2, -0.15) is 0 Å². The largest absolute Gasteiger partial charge is 0.458 e. The van der Waals surface area contributed by atoms with Gasteiger partial charge in [-0.15, -0.1) is 0 Å². The van der Waals surface area contributed by atoms with Crippen LogP contribution in [0, 0.1) is 5.82 Å². The molecule has 1 aromatic heterocycles. The quantitative estimate of drug-likeness (QED) is 0.801. The number of ether oxygens (including phenoxy) is 1. The minimum atomic E-state index is -0.403. The van der Waals surface area contributed by atoms with Crippen molar-refractivity contribution in [1.29, 1.82) is 0 Å². The van der Waals surface area contributed by atoms with Crippen LogP contribution in [-0.2, 0) is 11.9 Å². The minimum absolute atomic E-state index is 0.000828. The summed E-state index contributed by atoms with van der Waals surface area (Å²) in [7, 11) is 0. The Kier molecular flexibility index (Phi) is 4.49. The van der Waals surface area contributed by atoms with Gasteiger partial charge in [0.05, 0.1) is 5.02 Å². The second kappa shape index (κ2) is 6.11. The van der Waals surface area contributed by atoms with Crippen LogP contribution in [0.3, 0.4) is 0 Å². The molecular formula is C12H9BrClFN2O. The molecule has 0 fully saturated rings. The number of hydrogen-bond acceptors (Lipinski definition) is 3. The minimum Gasteiger partial charge on any atom is -0.458 e. The van der Waals surface area contributed by atoms with E-state index < -0.39 is 5.82 Å². The summed E-state index contributed by atoms with van der Waals surface area (Å²) in [6, 6.07) is 4.68. The molecule has 0 aliphatic carbocycles. The van der Waals surface area contributed by atoms with Gasteiger partial charge in [0.15, 0.2) is 0 Å². The lowest BCUT2D eigenvalue weighted by molar-refractivity contribution is 0.275. The van der Waals surface area contributed by atoms with Crippen molar-refractivity contribution in [3.63, 3.8) is 0 Å². The molecule has 0 N–H and O–H groups in total. The highest BCUT2D eigenvalue weighted by molar-refractivity contribution is 9.08. The van der Waals surface area contributed by atoms with Gasteiger partial charge in [0, 0.05) is 23.3 Å². The third-order valence-electron chi connectivity index (χ3n) is 2.24. The van der Waals surface area contributed by atoms with Crippen LogP contribution in [0.2, 0.25) is 5.02 Å². The summed E-state index contributed by atoms with van der Waals surface area (Å²) in [6.45, 7) is -0.000828. The molecule has 0 saturated heterocycles. The molecule has 1 heterocycles. The zero-order chi connectivity index (χ0) is 13.0. The molecule has 0 amide bonds. The first-order valence-electron chi connectivity index (χ1n) is 5.13. The van der Waals surface area contributed by atoms with Crippen LogP contribution in [0.25, 0.3) is 0 Å². The third kappa shape index (κ3) is 3.17. The molecule has 94 valence electrons. The van der Waals surface area contributed by atoms with E-state index in [0.717, 1.165) is 5.56 Å². The van der Waals surface area contributed by atoms with Crippen LogP contribution in [0.4, 0.5) is 4.39 Å². The average molecular weight is 332 g/mol. The SMILES string of the molecule is Fc1cccc(Cl)c1COc1ncc(CBr)cn1. The Labute approximate surface area is 117 Å². The zero-order valence-corrected chi connectivity index (χ0v) is 11.6. The van der Waals surface area contributed by atoms with Crippen LogP contribution >= 0.6 is 27.5 Å². The van der Waals surface area contributed by atoms with Crippen molar-refractivity contribution in [1.82, 2.24) is 9.97 Å². The predicted molar refractivity (Wildman–Crippen MR) is 70.4 cm³/mol. The Morgan fingerprint density at radius 2 is 2.00 bits per heavy atom. The molecule has 2 rings (SSSR count). The second-order valence-electron chi connectivity index (χ2n) is 3.50. The molecule has 0 aliphatic heterocycles. The van der Waals surface area contributed by atoms with Crippen molar-refractivity contribution in [3.8, 4) is 6.01 Å². The van der Waals surface area contributed by atoms with E-state index in [1.54, 1.807) is 24.5 Å². The first-order chi connectivity index (χ1) is 8.70. The monoisotopic (exact) mass is 330 g/mol. The number of aromatic nitrogens is 2. The third-order valence-corrected chi connectivity index (χ3v) is 3.24. The van der Waals surface area contributed by atoms with E-state index in [2.05, 4.69) is 25.9 Å². The lowest BCUT2D eigenvalue weighted by atomic mass is 10.2. The van der Waals surface area contributed by atoms with Crippen molar-refractivity contribution in [2.45, 2.75) is 11.9 Å². The zero-order valence-electron chi connectivity index (χ0n) is 9.24. The number of halogens is 3. The van der Waals surface area contributed by atoms with Crippen LogP contribution < -0.4 is 4.74 Å². The molecule has 0 unspecified atom stereocenters. The highest BCUT2D eigenvalue weighted by atomic mass is 79.9. The lowest BCUT2D eigenvalue weighted by Crippen LogP contribution is -2.02. The molecule has 0 radical (unpaired) electrons. The number of benzene rings is 1. The summed E-state index contributed by atoms with van der Waals surface area (Å²) in [4.78, 5) is 7.99. The van der Waals surface area contributed by atoms with Gasteiger partial charge in [0.25, 0.3) is 0 Å². The standard InChI is InChI=1S/C12H9BrClFN2O/c13-4-8-5-16-12(17-6-8)18-7-9-10(14)2-1-3-11(9)15/h1-3,5-6H,4,7H2. The second-order valence-corrected chi connectivity index (χ2v) is 4.46. The normalized spacial score (nSPS) is 10.4. The van der Waals surface area contributed by atoms with Gasteiger partial charge in [-0.05, 0) is 17.7 Å². The maximum absolute atomic E-state index is 13.5. The van der Waals surface area contributed by atoms with Gasteiger partial charge in [0.2, 0.25) is 0 Å². The van der Waals surface area contributed by atoms with Crippen molar-refractivity contribution < 1.29 is 9.13 Å². The Bertz CT molecular complexity index is 516. The molecular weight excluding hydrogens is 322 g/mol. The van der Waals surface area contributed by atoms with Crippen molar-refractivity contribution >= 4 is 27.5 Å². The van der Waals surface area contributed by atoms with Crippen LogP contribution in [0.1, 0.15) is 11.1 Å². The first kappa shape index (κ1) is 13.2. The Balaban J connectivity index is 2.06. The highest BCUT2D eigenvalue weighted by Crippen LogP contribution is 2.20. The van der Waals surface area contributed by atoms with E-state index in [4.69, 9.17) is 16.3 Å². The van der Waals surface area contributed by atoms with Gasteiger partial charge >= 0.3 is 6.01 Å². The molecule has 18 heavy (non-hydrogen) atoms. The topological polar surface area (TPSA) is 35.0 Å². The summed E-state index contributed by atoms with van der Waals surface area (Å²) in [5, 5.41) is 0.999. The Morgan fingerprint density at radius 1 is 1.28 bits per heavy atom. The number of rotatable bonds is 4. The number of alkyl halides is 1. The van der Waals surface area contributed by atoms with Crippen LogP contribution in [0.5, 0.6) is 6.01 Å². The molecule has 0 saturated carbocycles. The highest BCUT2D eigenvalue weighted by Gasteiger charge is 2.08. The lowest BCUT2D eigenvalue weighted by Gasteiger charge is -2.07. The summed E-state index contributed by atoms with van der Waals surface area (Å²) in [5.41, 5.74) is 1.23. The Morgan fingerprint density at radius 3 is 2.61 bits per heavy atom. The maximum atomic E-state index is 13.5. The fourth-order valence-electron chi connectivity index (χ4n) is 1.29. The molecule has 6 heteroatoms. The first-order valence-corrected chi connectivity index (χ1v) is 6.63. The summed E-state index contributed by atoms with van der Waals surface area (Å²) in [6.07, 6.45) is 3.28. The average Bonchev–Trinajstić information content (AvgIpc) is 2.39. The van der Waals surface area contributed by atoms with E-state index >= 15 is 0 Å². The molecule has 0 bridgehead atoms. The van der Waals surface area contributed by atoms with Crippen molar-refractivity contribution in [2.75, 3.05) is 0 Å². The predicted octanol–water partition coefficient (Wildman–Crippen LogP) is 3.74. The number of hydrogen-bond donors (Lipinski definition) is 0. The molecule has 0 aliphatic rings. The fourth-order valence-corrected chi connectivity index (χ4v) is 1.80. The van der Waals surface area contributed by atoms with Gasteiger partial charge in [0.1, 0.15) is 12.4 Å². The van der Waals surface area contributed by atoms with Crippen LogP contribution in [0.15, 0.2) is 30.6 Å². The fraction of sp³-hybridized carbons (Fsp3) is 0.167. The van der Waals surface area contributed by atoms with Gasteiger partial charge in [-0.1, -0.05) is 33.6 Å². The summed E-state index contributed by atoms with van der Waals surface area (Å²) < 4.78 is 18.8. The summed E-state index contributed by atoms with van der Waals surface area (Å²) >= 11 is 9.17. The van der Waals surface area contributed by atoms with Gasteiger partial charge in [-0.25, -0.2) is 14.4 Å². The van der Waals surface area contributed by atoms with Gasteiger partial charge in [-0.3, -0.25) is 0 Å². The molecule has 3 nitrogen and oxygen atoms in total. The molecule has 2 aromatic rings. The van der Waals surface area contributed by atoms with Gasteiger partial charge < -0.3 is 4.74 Å². The van der Waals surface area contributed by atoms with E-state index in [0.29, 0.717) is 15.9 Å². The molecule has 0 atom stereocenters. The van der Waals surface area contributed by atoms with Crippen molar-refractivity contribution in [2.24, 2.45) is 0 Å². The Hall–Kier alpha value is -1.20. The smallest absolute Gasteiger partial charge is 0.316 e. The summed E-state index contributed by atoms with van der Waals surface area (Å²) in [5.74, 6) is -0.403. The molecule has 1 aromatic carbocycles. The maximum Gasteiger partial charge on any atom is 0.316 e. The van der Waals surface area contributed by atoms with Crippen LogP contribution in [-0.4, -0.2) is 9.97 Å². The number of nitrogens with zero attached hydrogens (tertiary/aromatic N) is 2.